The van der Waals surface area contributed by atoms with Crippen molar-refractivity contribution in [2.75, 3.05) is 7.11 Å². The van der Waals surface area contributed by atoms with Crippen LogP contribution in [0.1, 0.15) is 12.5 Å². The summed E-state index contributed by atoms with van der Waals surface area (Å²) < 4.78 is 6.39. The van der Waals surface area contributed by atoms with Gasteiger partial charge in [0.1, 0.15) is 5.75 Å². The first kappa shape index (κ1) is 10.8. The summed E-state index contributed by atoms with van der Waals surface area (Å²) in [5, 5.41) is 0. The predicted octanol–water partition coefficient (Wildman–Crippen LogP) is 2.19. The lowest BCUT2D eigenvalue weighted by Gasteiger charge is -2.10. The second-order valence-electron chi connectivity index (χ2n) is 3.11. The van der Waals surface area contributed by atoms with Crippen molar-refractivity contribution in [2.24, 2.45) is 5.73 Å². The summed E-state index contributed by atoms with van der Waals surface area (Å²) >= 11 is 2.29. The summed E-state index contributed by atoms with van der Waals surface area (Å²) in [4.78, 5) is 0. The van der Waals surface area contributed by atoms with Crippen molar-refractivity contribution >= 4 is 22.6 Å². The Morgan fingerprint density at radius 2 is 2.23 bits per heavy atom. The molecule has 1 aromatic rings. The van der Waals surface area contributed by atoms with Gasteiger partial charge in [-0.2, -0.15) is 0 Å². The zero-order chi connectivity index (χ0) is 9.84. The molecule has 1 rings (SSSR count). The Labute approximate surface area is 92.6 Å². The highest BCUT2D eigenvalue weighted by atomic mass is 127. The number of halogens is 1. The molecule has 0 fully saturated rings. The van der Waals surface area contributed by atoms with E-state index in [2.05, 4.69) is 28.7 Å². The summed E-state index contributed by atoms with van der Waals surface area (Å²) in [7, 11) is 1.69. The van der Waals surface area contributed by atoms with E-state index in [0.29, 0.717) is 0 Å². The minimum Gasteiger partial charge on any atom is -0.496 e. The Kier molecular flexibility index (Phi) is 3.99. The van der Waals surface area contributed by atoms with Crippen LogP contribution < -0.4 is 10.5 Å². The predicted molar refractivity (Wildman–Crippen MR) is 63.1 cm³/mol. The molecule has 0 aromatic heterocycles. The molecule has 0 saturated heterocycles. The van der Waals surface area contributed by atoms with Crippen LogP contribution >= 0.6 is 22.6 Å². The monoisotopic (exact) mass is 291 g/mol. The zero-order valence-electron chi connectivity index (χ0n) is 7.88. The topological polar surface area (TPSA) is 35.2 Å². The fourth-order valence-electron chi connectivity index (χ4n) is 1.22. The Balaban J connectivity index is 2.94. The minimum atomic E-state index is 0.195. The Bertz CT molecular complexity index is 286. The first-order chi connectivity index (χ1) is 6.15. The molecule has 0 radical (unpaired) electrons. The number of nitrogens with two attached hydrogens (primary N) is 1. The van der Waals surface area contributed by atoms with E-state index in [9.17, 15) is 0 Å². The molecule has 3 heteroatoms. The van der Waals surface area contributed by atoms with Crippen LogP contribution in [-0.2, 0) is 6.42 Å². The van der Waals surface area contributed by atoms with Crippen molar-refractivity contribution in [2.45, 2.75) is 19.4 Å². The van der Waals surface area contributed by atoms with Crippen LogP contribution in [0.25, 0.3) is 0 Å². The lowest BCUT2D eigenvalue weighted by Crippen LogP contribution is -2.18. The number of benzene rings is 1. The Morgan fingerprint density at radius 3 is 2.77 bits per heavy atom. The highest BCUT2D eigenvalue weighted by Gasteiger charge is 2.06. The molecule has 2 nitrogen and oxygen atoms in total. The maximum Gasteiger partial charge on any atom is 0.132 e. The smallest absolute Gasteiger partial charge is 0.132 e. The molecule has 2 N–H and O–H groups in total. The van der Waals surface area contributed by atoms with Gasteiger partial charge in [-0.1, -0.05) is 12.1 Å². The number of ether oxygens (including phenoxy) is 1. The zero-order valence-corrected chi connectivity index (χ0v) is 10.0. The molecule has 0 aliphatic carbocycles. The molecule has 0 aliphatic rings. The van der Waals surface area contributed by atoms with Crippen molar-refractivity contribution in [3.8, 4) is 5.75 Å². The van der Waals surface area contributed by atoms with Gasteiger partial charge in [0.25, 0.3) is 0 Å². The van der Waals surface area contributed by atoms with Gasteiger partial charge >= 0.3 is 0 Å². The molecule has 72 valence electrons. The average Bonchev–Trinajstić information content (AvgIpc) is 2.08. The highest BCUT2D eigenvalue weighted by molar-refractivity contribution is 14.1. The van der Waals surface area contributed by atoms with E-state index in [1.807, 2.05) is 19.1 Å². The minimum absolute atomic E-state index is 0.195. The van der Waals surface area contributed by atoms with E-state index in [4.69, 9.17) is 10.5 Å². The fraction of sp³-hybridized carbons (Fsp3) is 0.400. The van der Waals surface area contributed by atoms with Crippen LogP contribution in [0, 0.1) is 3.57 Å². The molecule has 0 heterocycles. The van der Waals surface area contributed by atoms with Gasteiger partial charge in [-0.25, -0.2) is 0 Å². The molecule has 0 bridgehead atoms. The van der Waals surface area contributed by atoms with Gasteiger partial charge in [-0.05, 0) is 47.6 Å². The third kappa shape index (κ3) is 2.84. The van der Waals surface area contributed by atoms with Crippen molar-refractivity contribution in [1.29, 1.82) is 0 Å². The number of hydrogen-bond acceptors (Lipinski definition) is 2. The van der Waals surface area contributed by atoms with Crippen LogP contribution in [0.4, 0.5) is 0 Å². The molecule has 0 aliphatic heterocycles. The van der Waals surface area contributed by atoms with Crippen molar-refractivity contribution < 1.29 is 4.74 Å². The molecule has 0 amide bonds. The van der Waals surface area contributed by atoms with Gasteiger partial charge in [0.05, 0.1) is 10.7 Å². The van der Waals surface area contributed by atoms with Crippen molar-refractivity contribution in [3.05, 3.63) is 27.3 Å². The van der Waals surface area contributed by atoms with Crippen LogP contribution in [0.2, 0.25) is 0 Å². The average molecular weight is 291 g/mol. The maximum absolute atomic E-state index is 5.74. The largest absolute Gasteiger partial charge is 0.496 e. The summed E-state index contributed by atoms with van der Waals surface area (Å²) in [6, 6.07) is 6.25. The molecular formula is C10H14INO. The van der Waals surface area contributed by atoms with Crippen LogP contribution in [0.3, 0.4) is 0 Å². The summed E-state index contributed by atoms with van der Waals surface area (Å²) in [6.07, 6.45) is 0.898. The molecule has 1 atom stereocenters. The van der Waals surface area contributed by atoms with Gasteiger partial charge in [-0.15, -0.1) is 0 Å². The Morgan fingerprint density at radius 1 is 1.54 bits per heavy atom. The quantitative estimate of drug-likeness (QED) is 0.866. The second-order valence-corrected chi connectivity index (χ2v) is 4.19. The number of hydrogen-bond donors (Lipinski definition) is 1. The molecule has 0 unspecified atom stereocenters. The van der Waals surface area contributed by atoms with E-state index in [1.54, 1.807) is 7.11 Å². The van der Waals surface area contributed by atoms with Crippen molar-refractivity contribution in [1.82, 2.24) is 0 Å². The molecular weight excluding hydrogens is 277 g/mol. The van der Waals surface area contributed by atoms with Crippen LogP contribution in [-0.4, -0.2) is 13.2 Å². The van der Waals surface area contributed by atoms with E-state index in [0.717, 1.165) is 12.2 Å². The van der Waals surface area contributed by atoms with E-state index in [1.165, 1.54) is 9.13 Å². The summed E-state index contributed by atoms with van der Waals surface area (Å²) in [5.41, 5.74) is 7.00. The summed E-state index contributed by atoms with van der Waals surface area (Å²) in [5.74, 6) is 0.929. The van der Waals surface area contributed by atoms with Crippen LogP contribution in [0.5, 0.6) is 5.75 Å². The normalized spacial score (nSPS) is 12.6. The summed E-state index contributed by atoms with van der Waals surface area (Å²) in [6.45, 7) is 2.01. The Hall–Kier alpha value is -0.290. The van der Waals surface area contributed by atoms with Gasteiger partial charge in [-0.3, -0.25) is 0 Å². The van der Waals surface area contributed by atoms with Crippen LogP contribution in [0.15, 0.2) is 18.2 Å². The highest BCUT2D eigenvalue weighted by Crippen LogP contribution is 2.24. The first-order valence-corrected chi connectivity index (χ1v) is 5.30. The third-order valence-corrected chi connectivity index (χ3v) is 3.03. The number of rotatable bonds is 3. The molecule has 1 aromatic carbocycles. The van der Waals surface area contributed by atoms with E-state index < -0.39 is 0 Å². The van der Waals surface area contributed by atoms with Gasteiger partial charge in [0, 0.05) is 6.04 Å². The number of methoxy groups -OCH3 is 1. The SMILES string of the molecule is COc1cccc(C[C@@H](C)N)c1I. The van der Waals surface area contributed by atoms with Gasteiger partial charge in [0.15, 0.2) is 0 Å². The fourth-order valence-corrected chi connectivity index (χ4v) is 2.02. The second kappa shape index (κ2) is 4.81. The lowest BCUT2D eigenvalue weighted by molar-refractivity contribution is 0.411. The lowest BCUT2D eigenvalue weighted by atomic mass is 10.1. The van der Waals surface area contributed by atoms with E-state index in [-0.39, 0.29) is 6.04 Å². The molecule has 13 heavy (non-hydrogen) atoms. The standard InChI is InChI=1S/C10H14INO/c1-7(12)6-8-4-3-5-9(13-2)10(8)11/h3-5,7H,6,12H2,1-2H3/t7-/m1/s1. The van der Waals surface area contributed by atoms with Crippen molar-refractivity contribution in [3.63, 3.8) is 0 Å². The maximum atomic E-state index is 5.74. The third-order valence-electron chi connectivity index (χ3n) is 1.81. The first-order valence-electron chi connectivity index (χ1n) is 4.22. The van der Waals surface area contributed by atoms with Gasteiger partial charge in [0.2, 0.25) is 0 Å². The van der Waals surface area contributed by atoms with E-state index >= 15 is 0 Å². The molecule has 0 saturated carbocycles. The molecule has 0 spiro atoms. The van der Waals surface area contributed by atoms with Gasteiger partial charge < -0.3 is 10.5 Å².